The van der Waals surface area contributed by atoms with Crippen molar-refractivity contribution in [1.82, 2.24) is 4.90 Å². The third-order valence-corrected chi connectivity index (χ3v) is 5.04. The van der Waals surface area contributed by atoms with Gasteiger partial charge in [-0.2, -0.15) is 0 Å². The summed E-state index contributed by atoms with van der Waals surface area (Å²) in [5, 5.41) is 10.3. The van der Waals surface area contributed by atoms with E-state index in [2.05, 4.69) is 4.90 Å². The highest BCUT2D eigenvalue weighted by molar-refractivity contribution is 5.10. The standard InChI is InChI=1S/C14H25NO3/c1-3-17-12(18-4-2)8-15-7-10-5-9-6-11(10)13(15)14(9)16/h9-14,16H,3-8H2,1-2H3. The zero-order valence-electron chi connectivity index (χ0n) is 11.4. The predicted octanol–water partition coefficient (Wildman–Crippen LogP) is 1.09. The summed E-state index contributed by atoms with van der Waals surface area (Å²) >= 11 is 0. The lowest BCUT2D eigenvalue weighted by molar-refractivity contribution is -0.150. The van der Waals surface area contributed by atoms with Crippen LogP contribution in [-0.2, 0) is 9.47 Å². The molecule has 5 atom stereocenters. The Morgan fingerprint density at radius 3 is 2.50 bits per heavy atom. The molecule has 3 rings (SSSR count). The Kier molecular flexibility index (Phi) is 3.63. The van der Waals surface area contributed by atoms with Gasteiger partial charge in [0.15, 0.2) is 6.29 Å². The van der Waals surface area contributed by atoms with Crippen LogP contribution < -0.4 is 0 Å². The second-order valence-electron chi connectivity index (χ2n) is 5.93. The van der Waals surface area contributed by atoms with Gasteiger partial charge in [-0.1, -0.05) is 0 Å². The van der Waals surface area contributed by atoms with Gasteiger partial charge in [0.05, 0.1) is 6.10 Å². The second-order valence-corrected chi connectivity index (χ2v) is 5.93. The van der Waals surface area contributed by atoms with E-state index in [1.165, 1.54) is 12.8 Å². The molecule has 0 spiro atoms. The lowest BCUT2D eigenvalue weighted by Gasteiger charge is -2.31. The average Bonchev–Trinajstić information content (AvgIpc) is 2.91. The maximum atomic E-state index is 10.3. The summed E-state index contributed by atoms with van der Waals surface area (Å²) in [5.41, 5.74) is 0. The van der Waals surface area contributed by atoms with E-state index in [1.54, 1.807) is 0 Å². The SMILES string of the molecule is CCOC(CN1CC2CC3CC2C1C3O)OCC. The summed E-state index contributed by atoms with van der Waals surface area (Å²) in [4.78, 5) is 2.42. The van der Waals surface area contributed by atoms with Crippen LogP contribution >= 0.6 is 0 Å². The number of aliphatic hydroxyl groups excluding tert-OH is 1. The Hall–Kier alpha value is -0.160. The first-order valence-corrected chi connectivity index (χ1v) is 7.39. The topological polar surface area (TPSA) is 41.9 Å². The smallest absolute Gasteiger partial charge is 0.170 e. The molecule has 5 unspecified atom stereocenters. The monoisotopic (exact) mass is 255 g/mol. The molecule has 0 aromatic carbocycles. The Morgan fingerprint density at radius 1 is 1.17 bits per heavy atom. The Balaban J connectivity index is 1.63. The maximum Gasteiger partial charge on any atom is 0.170 e. The maximum absolute atomic E-state index is 10.3. The third-order valence-electron chi connectivity index (χ3n) is 5.04. The molecular formula is C14H25NO3. The summed E-state index contributed by atoms with van der Waals surface area (Å²) in [7, 11) is 0. The molecule has 2 aliphatic carbocycles. The molecule has 2 bridgehead atoms. The molecule has 1 aliphatic heterocycles. The van der Waals surface area contributed by atoms with Crippen molar-refractivity contribution >= 4 is 0 Å². The van der Waals surface area contributed by atoms with Gasteiger partial charge in [-0.25, -0.2) is 0 Å². The lowest BCUT2D eigenvalue weighted by Crippen LogP contribution is -2.44. The van der Waals surface area contributed by atoms with Gasteiger partial charge in [0.25, 0.3) is 0 Å². The summed E-state index contributed by atoms with van der Waals surface area (Å²) in [6, 6.07) is 0.372. The Labute approximate surface area is 109 Å². The molecule has 4 nitrogen and oxygen atoms in total. The van der Waals surface area contributed by atoms with Crippen molar-refractivity contribution in [1.29, 1.82) is 0 Å². The van der Waals surface area contributed by atoms with E-state index < -0.39 is 0 Å². The van der Waals surface area contributed by atoms with E-state index in [0.29, 0.717) is 25.2 Å². The van der Waals surface area contributed by atoms with Gasteiger partial charge >= 0.3 is 0 Å². The number of aliphatic hydroxyl groups is 1. The quantitative estimate of drug-likeness (QED) is 0.721. The molecule has 4 heteroatoms. The van der Waals surface area contributed by atoms with Crippen molar-refractivity contribution in [2.75, 3.05) is 26.3 Å². The molecule has 3 aliphatic rings. The number of nitrogens with zero attached hydrogens (tertiary/aromatic N) is 1. The highest BCUT2D eigenvalue weighted by Gasteiger charge is 2.58. The van der Waals surface area contributed by atoms with Crippen LogP contribution in [-0.4, -0.2) is 54.7 Å². The molecule has 1 saturated heterocycles. The first-order chi connectivity index (χ1) is 8.74. The van der Waals surface area contributed by atoms with Crippen molar-refractivity contribution < 1.29 is 14.6 Å². The second kappa shape index (κ2) is 5.08. The van der Waals surface area contributed by atoms with Gasteiger partial charge < -0.3 is 14.6 Å². The van der Waals surface area contributed by atoms with E-state index in [-0.39, 0.29) is 12.4 Å². The van der Waals surface area contributed by atoms with E-state index in [4.69, 9.17) is 9.47 Å². The minimum Gasteiger partial charge on any atom is -0.391 e. The fourth-order valence-electron chi connectivity index (χ4n) is 4.46. The molecule has 1 N–H and O–H groups in total. The number of ether oxygens (including phenoxy) is 2. The summed E-state index contributed by atoms with van der Waals surface area (Å²) in [5.74, 6) is 2.11. The first kappa shape index (κ1) is 12.9. The third kappa shape index (κ3) is 1.99. The molecule has 1 heterocycles. The van der Waals surface area contributed by atoms with Crippen molar-refractivity contribution in [3.05, 3.63) is 0 Å². The number of hydrogen-bond acceptors (Lipinski definition) is 4. The molecular weight excluding hydrogens is 230 g/mol. The minimum absolute atomic E-state index is 0.113. The largest absolute Gasteiger partial charge is 0.391 e. The number of likely N-dealkylation sites (tertiary alicyclic amines) is 1. The molecule has 3 fully saturated rings. The number of hydrogen-bond donors (Lipinski definition) is 1. The first-order valence-electron chi connectivity index (χ1n) is 7.39. The van der Waals surface area contributed by atoms with E-state index in [9.17, 15) is 5.11 Å². The van der Waals surface area contributed by atoms with Gasteiger partial charge in [0.1, 0.15) is 0 Å². The predicted molar refractivity (Wildman–Crippen MR) is 68.1 cm³/mol. The van der Waals surface area contributed by atoms with Crippen molar-refractivity contribution in [2.24, 2.45) is 17.8 Å². The van der Waals surface area contributed by atoms with E-state index in [1.807, 2.05) is 13.8 Å². The molecule has 0 radical (unpaired) electrons. The molecule has 18 heavy (non-hydrogen) atoms. The zero-order chi connectivity index (χ0) is 12.7. The van der Waals surface area contributed by atoms with Gasteiger partial charge in [0, 0.05) is 32.3 Å². The van der Waals surface area contributed by atoms with Crippen molar-refractivity contribution in [3.8, 4) is 0 Å². The fraction of sp³-hybridized carbons (Fsp3) is 1.00. The summed E-state index contributed by atoms with van der Waals surface area (Å²) in [6.45, 7) is 7.30. The van der Waals surface area contributed by atoms with Crippen LogP contribution in [0.15, 0.2) is 0 Å². The molecule has 104 valence electrons. The van der Waals surface area contributed by atoms with Crippen LogP contribution in [0, 0.1) is 17.8 Å². The van der Waals surface area contributed by atoms with Gasteiger partial charge in [-0.05, 0) is 44.4 Å². The van der Waals surface area contributed by atoms with Gasteiger partial charge in [-0.15, -0.1) is 0 Å². The number of rotatable bonds is 6. The van der Waals surface area contributed by atoms with Gasteiger partial charge in [-0.3, -0.25) is 4.90 Å². The Bertz CT molecular complexity index is 291. The fourth-order valence-corrected chi connectivity index (χ4v) is 4.46. The van der Waals surface area contributed by atoms with E-state index in [0.717, 1.165) is 24.9 Å². The van der Waals surface area contributed by atoms with Crippen LogP contribution in [0.25, 0.3) is 0 Å². The van der Waals surface area contributed by atoms with Gasteiger partial charge in [0.2, 0.25) is 0 Å². The minimum atomic E-state index is -0.135. The molecule has 0 amide bonds. The zero-order valence-corrected chi connectivity index (χ0v) is 11.4. The lowest BCUT2D eigenvalue weighted by atomic mass is 9.88. The molecule has 0 aromatic heterocycles. The Morgan fingerprint density at radius 2 is 1.89 bits per heavy atom. The van der Waals surface area contributed by atoms with Crippen LogP contribution in [0.2, 0.25) is 0 Å². The van der Waals surface area contributed by atoms with E-state index >= 15 is 0 Å². The van der Waals surface area contributed by atoms with Crippen molar-refractivity contribution in [2.45, 2.75) is 45.1 Å². The highest BCUT2D eigenvalue weighted by atomic mass is 16.7. The van der Waals surface area contributed by atoms with Crippen LogP contribution in [0.1, 0.15) is 26.7 Å². The normalized spacial score (nSPS) is 42.3. The van der Waals surface area contributed by atoms with Crippen LogP contribution in [0.5, 0.6) is 0 Å². The van der Waals surface area contributed by atoms with Crippen LogP contribution in [0.4, 0.5) is 0 Å². The van der Waals surface area contributed by atoms with Crippen LogP contribution in [0.3, 0.4) is 0 Å². The molecule has 2 saturated carbocycles. The molecule has 0 aromatic rings. The summed E-state index contributed by atoms with van der Waals surface area (Å²) < 4.78 is 11.3. The van der Waals surface area contributed by atoms with Crippen molar-refractivity contribution in [3.63, 3.8) is 0 Å². The average molecular weight is 255 g/mol. The summed E-state index contributed by atoms with van der Waals surface area (Å²) in [6.07, 6.45) is 2.22. The highest BCUT2D eigenvalue weighted by Crippen LogP contribution is 2.54. The number of fused-ring (bicyclic) bond motifs is 1.